The lowest BCUT2D eigenvalue weighted by Gasteiger charge is -2.20. The van der Waals surface area contributed by atoms with Gasteiger partial charge in [-0.2, -0.15) is 0 Å². The summed E-state index contributed by atoms with van der Waals surface area (Å²) in [5.41, 5.74) is 1.69. The summed E-state index contributed by atoms with van der Waals surface area (Å²) in [7, 11) is 0. The molecule has 0 saturated carbocycles. The Morgan fingerprint density at radius 3 is 2.16 bits per heavy atom. The largest absolute Gasteiger partial charge is 0.489 e. The van der Waals surface area contributed by atoms with Gasteiger partial charge in [0, 0.05) is 0 Å². The van der Waals surface area contributed by atoms with Crippen molar-refractivity contribution in [2.24, 2.45) is 0 Å². The van der Waals surface area contributed by atoms with Crippen molar-refractivity contribution in [1.29, 1.82) is 0 Å². The summed E-state index contributed by atoms with van der Waals surface area (Å²) in [6, 6.07) is 16.8. The number of alkyl halides is 2. The highest BCUT2D eigenvalue weighted by molar-refractivity contribution is 6.27. The standard InChI is InChI=1S/C18H18Cl2N2O3/c19-10-16(23)21-18(22-17(24)11-20)14-7-4-8-15(9-14)25-12-13-5-2-1-3-6-13/h1-9,18H,10-12H2,(H,21,23)(H,22,24). The third kappa shape index (κ3) is 6.29. The number of carbonyl (C=O) groups is 2. The molecule has 0 fully saturated rings. The Morgan fingerprint density at radius 1 is 0.920 bits per heavy atom. The summed E-state index contributed by atoms with van der Waals surface area (Å²) in [5, 5.41) is 5.26. The maximum absolute atomic E-state index is 11.6. The number of hydrogen-bond donors (Lipinski definition) is 2. The van der Waals surface area contributed by atoms with Gasteiger partial charge in [0.15, 0.2) is 0 Å². The molecule has 0 heterocycles. The van der Waals surface area contributed by atoms with Crippen molar-refractivity contribution in [3.8, 4) is 5.75 Å². The topological polar surface area (TPSA) is 67.4 Å². The molecule has 2 N–H and O–H groups in total. The average molecular weight is 381 g/mol. The van der Waals surface area contributed by atoms with E-state index in [0.717, 1.165) is 5.56 Å². The van der Waals surface area contributed by atoms with Crippen molar-refractivity contribution in [3.63, 3.8) is 0 Å². The molecule has 2 aromatic carbocycles. The summed E-state index contributed by atoms with van der Waals surface area (Å²) in [4.78, 5) is 23.2. The second-order valence-corrected chi connectivity index (χ2v) is 5.72. The first-order valence-corrected chi connectivity index (χ1v) is 8.66. The van der Waals surface area contributed by atoms with Crippen LogP contribution < -0.4 is 15.4 Å². The molecule has 0 aliphatic rings. The molecule has 132 valence electrons. The van der Waals surface area contributed by atoms with Gasteiger partial charge in [-0.05, 0) is 23.3 Å². The molecule has 5 nitrogen and oxygen atoms in total. The highest BCUT2D eigenvalue weighted by Crippen LogP contribution is 2.19. The van der Waals surface area contributed by atoms with Crippen molar-refractivity contribution in [2.75, 3.05) is 11.8 Å². The maximum atomic E-state index is 11.6. The summed E-state index contributed by atoms with van der Waals surface area (Å²) in [6.07, 6.45) is -0.738. The first-order chi connectivity index (χ1) is 12.1. The fraction of sp³-hybridized carbons (Fsp3) is 0.222. The summed E-state index contributed by atoms with van der Waals surface area (Å²) in [5.74, 6) is -0.615. The molecule has 0 aliphatic carbocycles. The molecule has 0 unspecified atom stereocenters. The van der Waals surface area contributed by atoms with Crippen LogP contribution in [-0.4, -0.2) is 23.6 Å². The van der Waals surface area contributed by atoms with E-state index in [1.165, 1.54) is 0 Å². The number of ether oxygens (including phenoxy) is 1. The summed E-state index contributed by atoms with van der Waals surface area (Å²) in [6.45, 7) is 0.414. The van der Waals surface area contributed by atoms with E-state index in [4.69, 9.17) is 27.9 Å². The molecular weight excluding hydrogens is 363 g/mol. The predicted octanol–water partition coefficient (Wildman–Crippen LogP) is 2.97. The van der Waals surface area contributed by atoms with E-state index in [9.17, 15) is 9.59 Å². The van der Waals surface area contributed by atoms with Gasteiger partial charge in [0.25, 0.3) is 0 Å². The van der Waals surface area contributed by atoms with E-state index < -0.39 is 18.0 Å². The summed E-state index contributed by atoms with van der Waals surface area (Å²) >= 11 is 11.1. The third-order valence-electron chi connectivity index (χ3n) is 3.29. The highest BCUT2D eigenvalue weighted by atomic mass is 35.5. The number of benzene rings is 2. The van der Waals surface area contributed by atoms with Crippen molar-refractivity contribution in [2.45, 2.75) is 12.8 Å². The molecule has 0 spiro atoms. The molecule has 25 heavy (non-hydrogen) atoms. The number of carbonyl (C=O) groups excluding carboxylic acids is 2. The number of hydrogen-bond acceptors (Lipinski definition) is 3. The van der Waals surface area contributed by atoms with E-state index >= 15 is 0 Å². The highest BCUT2D eigenvalue weighted by Gasteiger charge is 2.17. The minimum Gasteiger partial charge on any atom is -0.489 e. The third-order valence-corrected chi connectivity index (χ3v) is 3.78. The SMILES string of the molecule is O=C(CCl)NC(NC(=O)CCl)c1cccc(OCc2ccccc2)c1. The Morgan fingerprint density at radius 2 is 1.56 bits per heavy atom. The fourth-order valence-electron chi connectivity index (χ4n) is 2.13. The van der Waals surface area contributed by atoms with E-state index in [2.05, 4.69) is 10.6 Å². The van der Waals surface area contributed by atoms with Gasteiger partial charge in [0.1, 0.15) is 30.3 Å². The van der Waals surface area contributed by atoms with Crippen molar-refractivity contribution < 1.29 is 14.3 Å². The van der Waals surface area contributed by atoms with Gasteiger partial charge in [-0.3, -0.25) is 9.59 Å². The lowest BCUT2D eigenvalue weighted by Crippen LogP contribution is -2.42. The molecular formula is C18H18Cl2N2O3. The Balaban J connectivity index is 2.11. The van der Waals surface area contributed by atoms with Gasteiger partial charge in [0.05, 0.1) is 0 Å². The van der Waals surface area contributed by atoms with E-state index in [1.807, 2.05) is 30.3 Å². The van der Waals surface area contributed by atoms with Crippen molar-refractivity contribution >= 4 is 35.0 Å². The van der Waals surface area contributed by atoms with Crippen LogP contribution in [0.4, 0.5) is 0 Å². The van der Waals surface area contributed by atoms with Gasteiger partial charge in [-0.15, -0.1) is 23.2 Å². The minimum absolute atomic E-state index is 0.211. The molecule has 0 bridgehead atoms. The first-order valence-electron chi connectivity index (χ1n) is 7.59. The average Bonchev–Trinajstić information content (AvgIpc) is 2.66. The molecule has 0 saturated heterocycles. The zero-order valence-corrected chi connectivity index (χ0v) is 14.9. The molecule has 2 rings (SSSR count). The molecule has 2 aromatic rings. The van der Waals surface area contributed by atoms with Crippen LogP contribution in [0.5, 0.6) is 5.75 Å². The second-order valence-electron chi connectivity index (χ2n) is 5.18. The number of halogens is 2. The van der Waals surface area contributed by atoms with Crippen LogP contribution >= 0.6 is 23.2 Å². The fourth-order valence-corrected chi connectivity index (χ4v) is 2.28. The molecule has 0 radical (unpaired) electrons. The smallest absolute Gasteiger partial charge is 0.236 e. The zero-order valence-electron chi connectivity index (χ0n) is 13.4. The first kappa shape index (κ1) is 19.1. The molecule has 2 amide bonds. The van der Waals surface area contributed by atoms with E-state index in [1.54, 1.807) is 24.3 Å². The van der Waals surface area contributed by atoms with Crippen LogP contribution in [0.2, 0.25) is 0 Å². The second kappa shape index (κ2) is 9.91. The van der Waals surface area contributed by atoms with E-state index in [-0.39, 0.29) is 11.8 Å². The van der Waals surface area contributed by atoms with Crippen LogP contribution in [0.15, 0.2) is 54.6 Å². The van der Waals surface area contributed by atoms with Gasteiger partial charge in [-0.25, -0.2) is 0 Å². The molecule has 7 heteroatoms. The number of rotatable bonds is 8. The van der Waals surface area contributed by atoms with Crippen LogP contribution in [0.25, 0.3) is 0 Å². The molecule has 0 aromatic heterocycles. The molecule has 0 aliphatic heterocycles. The monoisotopic (exact) mass is 380 g/mol. The number of amides is 2. The molecule has 0 atom stereocenters. The normalized spacial score (nSPS) is 10.4. The minimum atomic E-state index is -0.738. The Labute approximate surface area is 156 Å². The Hall–Kier alpha value is -2.24. The van der Waals surface area contributed by atoms with Gasteiger partial charge < -0.3 is 15.4 Å². The van der Waals surface area contributed by atoms with E-state index in [0.29, 0.717) is 17.9 Å². The lowest BCUT2D eigenvalue weighted by atomic mass is 10.1. The van der Waals surface area contributed by atoms with Crippen LogP contribution in [0.3, 0.4) is 0 Å². The van der Waals surface area contributed by atoms with Crippen LogP contribution in [0.1, 0.15) is 17.3 Å². The zero-order chi connectivity index (χ0) is 18.1. The van der Waals surface area contributed by atoms with Crippen molar-refractivity contribution in [1.82, 2.24) is 10.6 Å². The van der Waals surface area contributed by atoms with Gasteiger partial charge >= 0.3 is 0 Å². The Bertz CT molecular complexity index is 692. The predicted molar refractivity (Wildman–Crippen MR) is 97.7 cm³/mol. The number of nitrogens with one attached hydrogen (secondary N) is 2. The quantitative estimate of drug-likeness (QED) is 0.546. The Kier molecular flexibility index (Phi) is 7.57. The van der Waals surface area contributed by atoms with Crippen LogP contribution in [-0.2, 0) is 16.2 Å². The summed E-state index contributed by atoms with van der Waals surface area (Å²) < 4.78 is 5.77. The van der Waals surface area contributed by atoms with Gasteiger partial charge in [-0.1, -0.05) is 42.5 Å². The van der Waals surface area contributed by atoms with Crippen LogP contribution in [0, 0.1) is 0 Å². The lowest BCUT2D eigenvalue weighted by molar-refractivity contribution is -0.122. The maximum Gasteiger partial charge on any atom is 0.236 e. The van der Waals surface area contributed by atoms with Crippen molar-refractivity contribution in [3.05, 3.63) is 65.7 Å². The van der Waals surface area contributed by atoms with Gasteiger partial charge in [0.2, 0.25) is 11.8 Å².